The third-order valence-electron chi connectivity index (χ3n) is 3.69. The molecule has 0 bridgehead atoms. The molecule has 0 unspecified atom stereocenters. The zero-order valence-corrected chi connectivity index (χ0v) is 13.6. The fraction of sp³-hybridized carbons (Fsp3) is 0.316. The Kier molecular flexibility index (Phi) is 6.03. The maximum atomic E-state index is 12.5. The van der Waals surface area contributed by atoms with Gasteiger partial charge in [0, 0.05) is 43.4 Å². The lowest BCUT2D eigenvalue weighted by atomic mass is 10.1. The Morgan fingerprint density at radius 2 is 1.78 bits per heavy atom. The minimum Gasteiger partial charge on any atom is -0.336 e. The first kappa shape index (κ1) is 16.9. The van der Waals surface area contributed by atoms with Crippen LogP contribution in [0, 0.1) is 0 Å². The summed E-state index contributed by atoms with van der Waals surface area (Å²) in [6, 6.07) is 13.4. The van der Waals surface area contributed by atoms with Crippen LogP contribution in [0.1, 0.15) is 42.6 Å². The number of Topliss-reactive ketones (excluding diaryl/α,β-unsaturated/α-hetero) is 1. The van der Waals surface area contributed by atoms with Gasteiger partial charge < -0.3 is 4.90 Å². The van der Waals surface area contributed by atoms with Gasteiger partial charge in [0.05, 0.1) is 0 Å². The number of pyridine rings is 1. The second kappa shape index (κ2) is 8.22. The van der Waals surface area contributed by atoms with Crippen molar-refractivity contribution in [2.45, 2.75) is 39.3 Å². The van der Waals surface area contributed by atoms with E-state index in [-0.39, 0.29) is 30.6 Å². The molecule has 2 rings (SSSR count). The van der Waals surface area contributed by atoms with Gasteiger partial charge in [0.1, 0.15) is 0 Å². The van der Waals surface area contributed by atoms with Crippen molar-refractivity contribution in [2.75, 3.05) is 0 Å². The lowest BCUT2D eigenvalue weighted by Gasteiger charge is -2.27. The van der Waals surface area contributed by atoms with Gasteiger partial charge >= 0.3 is 0 Å². The molecule has 0 aliphatic rings. The first-order chi connectivity index (χ1) is 11.1. The summed E-state index contributed by atoms with van der Waals surface area (Å²) in [4.78, 5) is 30.3. The minimum absolute atomic E-state index is 0.00101. The van der Waals surface area contributed by atoms with Crippen LogP contribution in [-0.4, -0.2) is 27.6 Å². The lowest BCUT2D eigenvalue weighted by Crippen LogP contribution is -2.36. The molecule has 2 aromatic rings. The summed E-state index contributed by atoms with van der Waals surface area (Å²) in [6.45, 7) is 4.55. The van der Waals surface area contributed by atoms with E-state index in [2.05, 4.69) is 4.98 Å². The van der Waals surface area contributed by atoms with Gasteiger partial charge in [-0.05, 0) is 31.5 Å². The van der Waals surface area contributed by atoms with Gasteiger partial charge in [-0.15, -0.1) is 0 Å². The highest BCUT2D eigenvalue weighted by molar-refractivity contribution is 5.97. The molecule has 1 heterocycles. The molecule has 120 valence electrons. The van der Waals surface area contributed by atoms with Gasteiger partial charge in [-0.2, -0.15) is 0 Å². The highest BCUT2D eigenvalue weighted by atomic mass is 16.2. The SMILES string of the molecule is CC(C)N(Cc1ccccc1)C(=O)CCC(=O)c1cccnc1. The van der Waals surface area contributed by atoms with E-state index in [1.807, 2.05) is 49.1 Å². The van der Waals surface area contributed by atoms with Gasteiger partial charge in [0.15, 0.2) is 5.78 Å². The summed E-state index contributed by atoms with van der Waals surface area (Å²) in [6.07, 6.45) is 3.60. The van der Waals surface area contributed by atoms with Crippen molar-refractivity contribution in [3.8, 4) is 0 Å². The summed E-state index contributed by atoms with van der Waals surface area (Å²) in [5.41, 5.74) is 1.65. The summed E-state index contributed by atoms with van der Waals surface area (Å²) in [7, 11) is 0. The van der Waals surface area contributed by atoms with E-state index in [0.717, 1.165) is 5.56 Å². The minimum atomic E-state index is -0.0464. The Balaban J connectivity index is 1.95. The monoisotopic (exact) mass is 310 g/mol. The van der Waals surface area contributed by atoms with Gasteiger partial charge in [0.25, 0.3) is 0 Å². The van der Waals surface area contributed by atoms with E-state index >= 15 is 0 Å². The summed E-state index contributed by atoms with van der Waals surface area (Å²) in [5.74, 6) is -0.0454. The van der Waals surface area contributed by atoms with Gasteiger partial charge in [-0.25, -0.2) is 0 Å². The van der Waals surface area contributed by atoms with E-state index in [0.29, 0.717) is 12.1 Å². The van der Waals surface area contributed by atoms with Crippen LogP contribution in [-0.2, 0) is 11.3 Å². The normalized spacial score (nSPS) is 10.6. The van der Waals surface area contributed by atoms with Crippen molar-refractivity contribution >= 4 is 11.7 Å². The summed E-state index contributed by atoms with van der Waals surface area (Å²) < 4.78 is 0. The highest BCUT2D eigenvalue weighted by Crippen LogP contribution is 2.12. The number of hydrogen-bond donors (Lipinski definition) is 0. The molecular weight excluding hydrogens is 288 g/mol. The topological polar surface area (TPSA) is 50.3 Å². The van der Waals surface area contributed by atoms with Crippen LogP contribution in [0.2, 0.25) is 0 Å². The molecule has 1 amide bonds. The predicted molar refractivity (Wildman–Crippen MR) is 89.9 cm³/mol. The van der Waals surface area contributed by atoms with Crippen LogP contribution >= 0.6 is 0 Å². The standard InChI is InChI=1S/C19H22N2O2/c1-15(2)21(14-16-7-4-3-5-8-16)19(23)11-10-18(22)17-9-6-12-20-13-17/h3-9,12-13,15H,10-11,14H2,1-2H3. The number of benzene rings is 1. The number of carbonyl (C=O) groups is 2. The van der Waals surface area contributed by atoms with Crippen molar-refractivity contribution in [3.05, 3.63) is 66.0 Å². The van der Waals surface area contributed by atoms with Gasteiger partial charge in [-0.3, -0.25) is 14.6 Å². The number of aromatic nitrogens is 1. The van der Waals surface area contributed by atoms with E-state index in [1.54, 1.807) is 18.3 Å². The maximum Gasteiger partial charge on any atom is 0.223 e. The van der Waals surface area contributed by atoms with Crippen LogP contribution in [0.15, 0.2) is 54.9 Å². The quantitative estimate of drug-likeness (QED) is 0.736. The molecule has 0 saturated carbocycles. The van der Waals surface area contributed by atoms with Crippen molar-refractivity contribution in [1.29, 1.82) is 0 Å². The largest absolute Gasteiger partial charge is 0.336 e. The van der Waals surface area contributed by atoms with Crippen LogP contribution < -0.4 is 0 Å². The van der Waals surface area contributed by atoms with Crippen LogP contribution in [0.25, 0.3) is 0 Å². The Morgan fingerprint density at radius 1 is 1.04 bits per heavy atom. The maximum absolute atomic E-state index is 12.5. The van der Waals surface area contributed by atoms with E-state index in [1.165, 1.54) is 6.20 Å². The molecule has 1 aromatic heterocycles. The van der Waals surface area contributed by atoms with Gasteiger partial charge in [-0.1, -0.05) is 30.3 Å². The van der Waals surface area contributed by atoms with Crippen LogP contribution in [0.4, 0.5) is 0 Å². The van der Waals surface area contributed by atoms with E-state index in [4.69, 9.17) is 0 Å². The summed E-state index contributed by atoms with van der Waals surface area (Å²) in [5, 5.41) is 0. The molecule has 0 radical (unpaired) electrons. The zero-order valence-electron chi connectivity index (χ0n) is 13.6. The number of rotatable bonds is 7. The Morgan fingerprint density at radius 3 is 2.39 bits per heavy atom. The van der Waals surface area contributed by atoms with Gasteiger partial charge in [0.2, 0.25) is 5.91 Å². The number of nitrogens with zero attached hydrogens (tertiary/aromatic N) is 2. The molecule has 0 atom stereocenters. The number of carbonyl (C=O) groups excluding carboxylic acids is 2. The highest BCUT2D eigenvalue weighted by Gasteiger charge is 2.18. The third-order valence-corrected chi connectivity index (χ3v) is 3.69. The average Bonchev–Trinajstić information content (AvgIpc) is 2.58. The Labute approximate surface area is 137 Å². The molecule has 4 nitrogen and oxygen atoms in total. The molecule has 1 aromatic carbocycles. The lowest BCUT2D eigenvalue weighted by molar-refractivity contribution is -0.133. The molecule has 4 heteroatoms. The van der Waals surface area contributed by atoms with Crippen LogP contribution in [0.5, 0.6) is 0 Å². The first-order valence-corrected chi connectivity index (χ1v) is 7.84. The van der Waals surface area contributed by atoms with Crippen molar-refractivity contribution in [2.24, 2.45) is 0 Å². The van der Waals surface area contributed by atoms with Crippen molar-refractivity contribution in [3.63, 3.8) is 0 Å². The second-order valence-corrected chi connectivity index (χ2v) is 5.77. The van der Waals surface area contributed by atoms with E-state index in [9.17, 15) is 9.59 Å². The van der Waals surface area contributed by atoms with Crippen LogP contribution in [0.3, 0.4) is 0 Å². The molecule has 0 aliphatic carbocycles. The van der Waals surface area contributed by atoms with Crippen molar-refractivity contribution < 1.29 is 9.59 Å². The Bertz CT molecular complexity index is 639. The number of ketones is 1. The number of amides is 1. The molecule has 0 N–H and O–H groups in total. The molecule has 0 fully saturated rings. The summed E-state index contributed by atoms with van der Waals surface area (Å²) >= 11 is 0. The smallest absolute Gasteiger partial charge is 0.223 e. The number of hydrogen-bond acceptors (Lipinski definition) is 3. The average molecular weight is 310 g/mol. The molecule has 0 saturated heterocycles. The Hall–Kier alpha value is -2.49. The first-order valence-electron chi connectivity index (χ1n) is 7.84. The molecule has 0 aliphatic heterocycles. The third kappa shape index (κ3) is 5.02. The van der Waals surface area contributed by atoms with Crippen molar-refractivity contribution in [1.82, 2.24) is 9.88 Å². The molecule has 0 spiro atoms. The zero-order chi connectivity index (χ0) is 16.7. The van der Waals surface area contributed by atoms with E-state index < -0.39 is 0 Å². The fourth-order valence-corrected chi connectivity index (χ4v) is 2.37. The molecular formula is C19H22N2O2. The molecule has 23 heavy (non-hydrogen) atoms. The predicted octanol–water partition coefficient (Wildman–Crippen LogP) is 3.48. The fourth-order valence-electron chi connectivity index (χ4n) is 2.37. The second-order valence-electron chi connectivity index (χ2n) is 5.77.